The molecule has 2 amide bonds. The first-order valence-electron chi connectivity index (χ1n) is 13.8. The molecule has 0 fully saturated rings. The normalized spacial score (nSPS) is 13.0. The highest BCUT2D eigenvalue weighted by molar-refractivity contribution is 7.92. The van der Waals surface area contributed by atoms with Gasteiger partial charge in [0.05, 0.1) is 18.6 Å². The van der Waals surface area contributed by atoms with Gasteiger partial charge in [0, 0.05) is 25.1 Å². The minimum absolute atomic E-state index is 0.0265. The summed E-state index contributed by atoms with van der Waals surface area (Å²) in [6.07, 6.45) is 0.236. The molecule has 0 saturated carbocycles. The second-order valence-corrected chi connectivity index (χ2v) is 12.4. The van der Waals surface area contributed by atoms with E-state index in [1.165, 1.54) is 11.8 Å². The Hall–Kier alpha value is -4.25. The zero-order valence-electron chi connectivity index (χ0n) is 24.3. The first kappa shape index (κ1) is 30.7. The van der Waals surface area contributed by atoms with Gasteiger partial charge in [0.1, 0.15) is 18.3 Å². The lowest BCUT2D eigenvalue weighted by Crippen LogP contribution is -2.54. The van der Waals surface area contributed by atoms with Crippen LogP contribution in [0.15, 0.2) is 72.8 Å². The molecular weight excluding hydrogens is 558 g/mol. The number of amides is 2. The van der Waals surface area contributed by atoms with Crippen LogP contribution in [0.25, 0.3) is 0 Å². The van der Waals surface area contributed by atoms with E-state index in [1.54, 1.807) is 43.5 Å². The molecule has 1 aliphatic rings. The van der Waals surface area contributed by atoms with Gasteiger partial charge in [-0.05, 0) is 56.2 Å². The van der Waals surface area contributed by atoms with Crippen molar-refractivity contribution in [1.82, 2.24) is 10.2 Å². The third-order valence-electron chi connectivity index (χ3n) is 6.81. The standard InChI is InChI=1S/C31H37N3O7S/c1-5-42(37,38)34(25-14-15-28-29(18-25)41-21-40-28)20-30(35)33(19-24-12-9-13-26(16-24)39-4)27(31(36)32-22(2)3)17-23-10-7-6-8-11-23/h6-16,18,22,27H,5,17,19-21H2,1-4H3,(H,32,36)/t27-/m0/s1. The van der Waals surface area contributed by atoms with Gasteiger partial charge >= 0.3 is 0 Å². The highest BCUT2D eigenvalue weighted by Crippen LogP contribution is 2.36. The molecule has 0 saturated heterocycles. The average Bonchev–Trinajstić information content (AvgIpc) is 3.46. The molecule has 11 heteroatoms. The summed E-state index contributed by atoms with van der Waals surface area (Å²) < 4.78 is 43.9. The van der Waals surface area contributed by atoms with Crippen molar-refractivity contribution in [3.05, 3.63) is 83.9 Å². The molecule has 4 rings (SSSR count). The van der Waals surface area contributed by atoms with Gasteiger partial charge in [-0.3, -0.25) is 13.9 Å². The second-order valence-electron chi connectivity index (χ2n) is 10.2. The summed E-state index contributed by atoms with van der Waals surface area (Å²) in [7, 11) is -2.35. The van der Waals surface area contributed by atoms with Crippen LogP contribution in [-0.2, 0) is 32.6 Å². The van der Waals surface area contributed by atoms with E-state index in [9.17, 15) is 18.0 Å². The molecule has 0 unspecified atom stereocenters. The van der Waals surface area contributed by atoms with Gasteiger partial charge < -0.3 is 24.4 Å². The number of fused-ring (bicyclic) bond motifs is 1. The third kappa shape index (κ3) is 7.52. The lowest BCUT2D eigenvalue weighted by atomic mass is 10.0. The molecule has 10 nitrogen and oxygen atoms in total. The lowest BCUT2D eigenvalue weighted by Gasteiger charge is -2.34. The Balaban J connectivity index is 1.75. The number of carbonyl (C=O) groups excluding carboxylic acids is 2. The molecule has 224 valence electrons. The number of rotatable bonds is 13. The first-order chi connectivity index (χ1) is 20.1. The summed E-state index contributed by atoms with van der Waals surface area (Å²) in [5, 5.41) is 2.94. The summed E-state index contributed by atoms with van der Waals surface area (Å²) in [6, 6.07) is 20.3. The molecule has 0 radical (unpaired) electrons. The maximum absolute atomic E-state index is 14.3. The van der Waals surface area contributed by atoms with Crippen LogP contribution in [0.5, 0.6) is 17.2 Å². The van der Waals surface area contributed by atoms with E-state index in [4.69, 9.17) is 14.2 Å². The predicted molar refractivity (Wildman–Crippen MR) is 160 cm³/mol. The van der Waals surface area contributed by atoms with Crippen LogP contribution in [0, 0.1) is 0 Å². The van der Waals surface area contributed by atoms with E-state index in [1.807, 2.05) is 50.2 Å². The van der Waals surface area contributed by atoms with Gasteiger partial charge in [-0.1, -0.05) is 42.5 Å². The number of ether oxygens (including phenoxy) is 3. The zero-order chi connectivity index (χ0) is 30.3. The Labute approximate surface area is 247 Å². The highest BCUT2D eigenvalue weighted by atomic mass is 32.2. The molecule has 1 N–H and O–H groups in total. The van der Waals surface area contributed by atoms with Crippen molar-refractivity contribution >= 4 is 27.5 Å². The van der Waals surface area contributed by atoms with Crippen LogP contribution in [-0.4, -0.2) is 63.4 Å². The summed E-state index contributed by atoms with van der Waals surface area (Å²) in [5.74, 6) is 0.382. The van der Waals surface area contributed by atoms with Crippen molar-refractivity contribution < 1.29 is 32.2 Å². The maximum atomic E-state index is 14.3. The maximum Gasteiger partial charge on any atom is 0.244 e. The molecule has 0 bridgehead atoms. The van der Waals surface area contributed by atoms with E-state index in [2.05, 4.69) is 5.32 Å². The minimum Gasteiger partial charge on any atom is -0.497 e. The van der Waals surface area contributed by atoms with E-state index < -0.39 is 28.5 Å². The fourth-order valence-corrected chi connectivity index (χ4v) is 5.72. The number of hydrogen-bond donors (Lipinski definition) is 1. The van der Waals surface area contributed by atoms with Crippen LogP contribution >= 0.6 is 0 Å². The van der Waals surface area contributed by atoms with Crippen LogP contribution in [0.2, 0.25) is 0 Å². The number of hydrogen-bond acceptors (Lipinski definition) is 7. The molecule has 1 heterocycles. The molecule has 0 aromatic heterocycles. The molecule has 0 aliphatic carbocycles. The number of sulfonamides is 1. The Morgan fingerprint density at radius 3 is 2.36 bits per heavy atom. The van der Waals surface area contributed by atoms with Crippen molar-refractivity contribution in [1.29, 1.82) is 0 Å². The molecule has 3 aromatic carbocycles. The third-order valence-corrected chi connectivity index (χ3v) is 8.55. The Kier molecular flexibility index (Phi) is 9.95. The predicted octanol–water partition coefficient (Wildman–Crippen LogP) is 3.74. The van der Waals surface area contributed by atoms with Crippen molar-refractivity contribution in [3.63, 3.8) is 0 Å². The Morgan fingerprint density at radius 1 is 0.952 bits per heavy atom. The van der Waals surface area contributed by atoms with Crippen molar-refractivity contribution in [3.8, 4) is 17.2 Å². The summed E-state index contributed by atoms with van der Waals surface area (Å²) in [5.41, 5.74) is 1.85. The summed E-state index contributed by atoms with van der Waals surface area (Å²) in [4.78, 5) is 29.4. The second kappa shape index (κ2) is 13.6. The van der Waals surface area contributed by atoms with Gasteiger partial charge in [-0.25, -0.2) is 8.42 Å². The summed E-state index contributed by atoms with van der Waals surface area (Å²) in [6.45, 7) is 4.78. The zero-order valence-corrected chi connectivity index (χ0v) is 25.1. The number of benzene rings is 3. The largest absolute Gasteiger partial charge is 0.497 e. The summed E-state index contributed by atoms with van der Waals surface area (Å²) >= 11 is 0. The monoisotopic (exact) mass is 595 g/mol. The van der Waals surface area contributed by atoms with Gasteiger partial charge in [-0.15, -0.1) is 0 Å². The Bertz CT molecular complexity index is 1500. The molecule has 3 aromatic rings. The fraction of sp³-hybridized carbons (Fsp3) is 0.355. The lowest BCUT2D eigenvalue weighted by molar-refractivity contribution is -0.140. The van der Waals surface area contributed by atoms with Crippen LogP contribution in [0.3, 0.4) is 0 Å². The molecule has 1 atom stereocenters. The fourth-order valence-electron chi connectivity index (χ4n) is 4.66. The van der Waals surface area contributed by atoms with Crippen LogP contribution in [0.4, 0.5) is 5.69 Å². The SMILES string of the molecule is CCS(=O)(=O)N(CC(=O)N(Cc1cccc(OC)c1)[C@@H](Cc1ccccc1)C(=O)NC(C)C)c1ccc2c(c1)OCO2. The number of anilines is 1. The van der Waals surface area contributed by atoms with Crippen molar-refractivity contribution in [2.45, 2.75) is 45.8 Å². The molecular formula is C31H37N3O7S. The molecule has 0 spiro atoms. The van der Waals surface area contributed by atoms with Gasteiger partial charge in [0.2, 0.25) is 28.6 Å². The van der Waals surface area contributed by atoms with Gasteiger partial charge in [-0.2, -0.15) is 0 Å². The molecule has 42 heavy (non-hydrogen) atoms. The van der Waals surface area contributed by atoms with Crippen molar-refractivity contribution in [2.75, 3.05) is 30.5 Å². The smallest absolute Gasteiger partial charge is 0.244 e. The average molecular weight is 596 g/mol. The van der Waals surface area contributed by atoms with Crippen LogP contribution < -0.4 is 23.8 Å². The number of carbonyl (C=O) groups is 2. The number of nitrogens with zero attached hydrogens (tertiary/aromatic N) is 2. The van der Waals surface area contributed by atoms with E-state index in [0.717, 1.165) is 15.4 Å². The number of nitrogens with one attached hydrogen (secondary N) is 1. The van der Waals surface area contributed by atoms with E-state index in [-0.39, 0.29) is 43.1 Å². The quantitative estimate of drug-likeness (QED) is 0.320. The van der Waals surface area contributed by atoms with Crippen LogP contribution in [0.1, 0.15) is 31.9 Å². The topological polar surface area (TPSA) is 114 Å². The van der Waals surface area contributed by atoms with Crippen molar-refractivity contribution in [2.24, 2.45) is 0 Å². The Morgan fingerprint density at radius 2 is 1.67 bits per heavy atom. The first-order valence-corrected chi connectivity index (χ1v) is 15.4. The molecule has 1 aliphatic heterocycles. The number of methoxy groups -OCH3 is 1. The van der Waals surface area contributed by atoms with Gasteiger partial charge in [0.25, 0.3) is 0 Å². The van der Waals surface area contributed by atoms with E-state index >= 15 is 0 Å². The minimum atomic E-state index is -3.90. The van der Waals surface area contributed by atoms with E-state index in [0.29, 0.717) is 17.2 Å². The van der Waals surface area contributed by atoms with Gasteiger partial charge in [0.15, 0.2) is 11.5 Å². The highest BCUT2D eigenvalue weighted by Gasteiger charge is 2.34.